The van der Waals surface area contributed by atoms with Crippen LogP contribution in [0.5, 0.6) is 5.75 Å². The number of phenolic OH excluding ortho intramolecular Hbond substituents is 1. The highest BCUT2D eigenvalue weighted by Gasteiger charge is 2.26. The summed E-state index contributed by atoms with van der Waals surface area (Å²) < 4.78 is 66.7. The highest BCUT2D eigenvalue weighted by molar-refractivity contribution is 6.03. The molecule has 7 heteroatoms. The van der Waals surface area contributed by atoms with Crippen LogP contribution in [-0.4, -0.2) is 10.8 Å². The van der Waals surface area contributed by atoms with Crippen molar-refractivity contribution in [3.05, 3.63) is 57.9 Å². The summed E-state index contributed by atoms with van der Waals surface area (Å²) in [6, 6.07) is 3.16. The zero-order valence-electron chi connectivity index (χ0n) is 12.4. The molecule has 122 valence electrons. The lowest BCUT2D eigenvalue weighted by molar-refractivity contribution is 0.381. The number of rotatable bonds is 2. The lowest BCUT2D eigenvalue weighted by Gasteiger charge is -2.10. The molecule has 23 heavy (non-hydrogen) atoms. The minimum absolute atomic E-state index is 0.0856. The van der Waals surface area contributed by atoms with E-state index in [1.807, 2.05) is 0 Å². The third-order valence-corrected chi connectivity index (χ3v) is 3.30. The summed E-state index contributed by atoms with van der Waals surface area (Å²) in [6.45, 7) is 4.63. The molecule has 0 saturated carbocycles. The molecule has 0 radical (unpaired) electrons. The number of hydrogen-bond acceptors (Lipinski definition) is 2. The van der Waals surface area contributed by atoms with E-state index in [-0.39, 0.29) is 17.0 Å². The second-order valence-corrected chi connectivity index (χ2v) is 5.09. The average Bonchev–Trinajstić information content (AvgIpc) is 2.50. The van der Waals surface area contributed by atoms with Crippen molar-refractivity contribution in [3.63, 3.8) is 0 Å². The molecule has 0 fully saturated rings. The molecule has 2 rings (SSSR count). The first-order valence-corrected chi connectivity index (χ1v) is 6.52. The zero-order valence-corrected chi connectivity index (χ0v) is 12.4. The van der Waals surface area contributed by atoms with Gasteiger partial charge in [-0.3, -0.25) is 0 Å². The van der Waals surface area contributed by atoms with Gasteiger partial charge in [-0.1, -0.05) is 6.07 Å². The van der Waals surface area contributed by atoms with E-state index in [1.165, 1.54) is 13.0 Å². The first-order chi connectivity index (χ1) is 10.6. The molecule has 0 amide bonds. The first-order valence-electron chi connectivity index (χ1n) is 6.52. The van der Waals surface area contributed by atoms with Crippen LogP contribution in [0.2, 0.25) is 0 Å². The van der Waals surface area contributed by atoms with Gasteiger partial charge in [-0.2, -0.15) is 0 Å². The Morgan fingerprint density at radius 2 is 1.35 bits per heavy atom. The summed E-state index contributed by atoms with van der Waals surface area (Å²) in [5.74, 6) is -10.6. The van der Waals surface area contributed by atoms with Gasteiger partial charge in [0.15, 0.2) is 23.3 Å². The minimum atomic E-state index is -2.24. The lowest BCUT2D eigenvalue weighted by atomic mass is 10.0. The first kappa shape index (κ1) is 16.9. The van der Waals surface area contributed by atoms with Gasteiger partial charge in [0.05, 0.1) is 0 Å². The summed E-state index contributed by atoms with van der Waals surface area (Å²) in [5.41, 5.74) is -0.00405. The predicted molar refractivity (Wildman–Crippen MR) is 75.7 cm³/mol. The number of hydrogen-bond donors (Lipinski definition) is 1. The molecule has 1 N–H and O–H groups in total. The van der Waals surface area contributed by atoms with Gasteiger partial charge in [0.1, 0.15) is 11.4 Å². The van der Waals surface area contributed by atoms with E-state index in [9.17, 15) is 27.1 Å². The second kappa shape index (κ2) is 5.98. The van der Waals surface area contributed by atoms with Gasteiger partial charge in [-0.15, -0.1) is 0 Å². The minimum Gasteiger partial charge on any atom is -0.507 e. The summed E-state index contributed by atoms with van der Waals surface area (Å²) in [7, 11) is 0. The second-order valence-electron chi connectivity index (χ2n) is 5.09. The Balaban J connectivity index is 2.69. The van der Waals surface area contributed by atoms with Crippen molar-refractivity contribution in [1.82, 2.24) is 0 Å². The molecule has 0 saturated heterocycles. The van der Waals surface area contributed by atoms with E-state index >= 15 is 0 Å². The maximum atomic E-state index is 13.6. The van der Waals surface area contributed by atoms with Crippen molar-refractivity contribution in [1.29, 1.82) is 0 Å². The van der Waals surface area contributed by atoms with E-state index in [0.29, 0.717) is 5.56 Å². The largest absolute Gasteiger partial charge is 0.507 e. The Morgan fingerprint density at radius 1 is 0.870 bits per heavy atom. The molecular weight excluding hydrogens is 317 g/mol. The van der Waals surface area contributed by atoms with Crippen molar-refractivity contribution in [2.75, 3.05) is 0 Å². The van der Waals surface area contributed by atoms with Gasteiger partial charge in [0, 0.05) is 11.3 Å². The van der Waals surface area contributed by atoms with Crippen molar-refractivity contribution in [2.45, 2.75) is 20.8 Å². The lowest BCUT2D eigenvalue weighted by Crippen LogP contribution is -2.03. The number of aromatic hydroxyl groups is 1. The number of nitrogens with zero attached hydrogens (tertiary/aromatic N) is 1. The molecule has 0 aromatic heterocycles. The molecule has 0 heterocycles. The van der Waals surface area contributed by atoms with E-state index in [0.717, 1.165) is 5.56 Å². The van der Waals surface area contributed by atoms with Crippen molar-refractivity contribution >= 4 is 11.4 Å². The van der Waals surface area contributed by atoms with Crippen LogP contribution in [0.1, 0.15) is 23.6 Å². The molecule has 0 atom stereocenters. The standard InChI is InChI=1S/C16H12F5NO/c1-6-4-7(2)16(23)9(5-6)8(3)22-15-13(20)11(18)10(17)12(19)14(15)21/h4-5,23H,1-3H3. The van der Waals surface area contributed by atoms with Gasteiger partial charge in [0.2, 0.25) is 5.82 Å². The Morgan fingerprint density at radius 3 is 1.87 bits per heavy atom. The third kappa shape index (κ3) is 2.91. The molecule has 2 aromatic carbocycles. The molecular formula is C16H12F5NO. The normalized spacial score (nSPS) is 11.9. The fourth-order valence-electron chi connectivity index (χ4n) is 2.16. The summed E-state index contributed by atoms with van der Waals surface area (Å²) in [4.78, 5) is 3.49. The maximum absolute atomic E-state index is 13.6. The molecule has 0 aliphatic rings. The summed E-state index contributed by atoms with van der Waals surface area (Å²) in [6.07, 6.45) is 0. The number of benzene rings is 2. The molecule has 2 aromatic rings. The van der Waals surface area contributed by atoms with Crippen LogP contribution in [0, 0.1) is 42.9 Å². The van der Waals surface area contributed by atoms with Crippen LogP contribution in [0.4, 0.5) is 27.6 Å². The summed E-state index contributed by atoms with van der Waals surface area (Å²) >= 11 is 0. The van der Waals surface area contributed by atoms with Gasteiger partial charge >= 0.3 is 0 Å². The van der Waals surface area contributed by atoms with E-state index in [2.05, 4.69) is 4.99 Å². The number of phenols is 1. The maximum Gasteiger partial charge on any atom is 0.200 e. The van der Waals surface area contributed by atoms with Gasteiger partial charge in [0.25, 0.3) is 0 Å². The smallest absolute Gasteiger partial charge is 0.200 e. The highest BCUT2D eigenvalue weighted by atomic mass is 19.2. The SMILES string of the molecule is CC(=Nc1c(F)c(F)c(F)c(F)c1F)c1cc(C)cc(C)c1O. The number of halogens is 5. The molecule has 0 aliphatic carbocycles. The Bertz CT molecular complexity index is 801. The average molecular weight is 329 g/mol. The van der Waals surface area contributed by atoms with E-state index in [1.54, 1.807) is 19.9 Å². The third-order valence-electron chi connectivity index (χ3n) is 3.30. The predicted octanol–water partition coefficient (Wildman–Crippen LogP) is 4.85. The van der Waals surface area contributed by atoms with Crippen LogP contribution in [0.15, 0.2) is 17.1 Å². The monoisotopic (exact) mass is 329 g/mol. The van der Waals surface area contributed by atoms with E-state index in [4.69, 9.17) is 0 Å². The van der Waals surface area contributed by atoms with E-state index < -0.39 is 34.8 Å². The molecule has 0 bridgehead atoms. The topological polar surface area (TPSA) is 32.6 Å². The Hall–Kier alpha value is -2.44. The van der Waals surface area contributed by atoms with Crippen LogP contribution in [0.3, 0.4) is 0 Å². The molecule has 0 spiro atoms. The number of aliphatic imine (C=N–C) groups is 1. The quantitative estimate of drug-likeness (QED) is 0.363. The summed E-state index contributed by atoms with van der Waals surface area (Å²) in [5, 5.41) is 9.99. The zero-order chi connectivity index (χ0) is 17.5. The molecule has 0 unspecified atom stereocenters. The molecule has 0 aliphatic heterocycles. The van der Waals surface area contributed by atoms with Gasteiger partial charge < -0.3 is 5.11 Å². The van der Waals surface area contributed by atoms with Gasteiger partial charge in [-0.25, -0.2) is 26.9 Å². The van der Waals surface area contributed by atoms with Crippen molar-refractivity contribution in [2.24, 2.45) is 4.99 Å². The van der Waals surface area contributed by atoms with Crippen LogP contribution in [-0.2, 0) is 0 Å². The highest BCUT2D eigenvalue weighted by Crippen LogP contribution is 2.31. The fourth-order valence-corrected chi connectivity index (χ4v) is 2.16. The van der Waals surface area contributed by atoms with Gasteiger partial charge in [-0.05, 0) is 38.0 Å². The van der Waals surface area contributed by atoms with Crippen molar-refractivity contribution < 1.29 is 27.1 Å². The fraction of sp³-hybridized carbons (Fsp3) is 0.188. The number of aryl methyl sites for hydroxylation is 2. The Kier molecular flexibility index (Phi) is 4.40. The van der Waals surface area contributed by atoms with Crippen LogP contribution >= 0.6 is 0 Å². The van der Waals surface area contributed by atoms with Crippen LogP contribution in [0.25, 0.3) is 0 Å². The van der Waals surface area contributed by atoms with Crippen molar-refractivity contribution in [3.8, 4) is 5.75 Å². The molecule has 2 nitrogen and oxygen atoms in total. The Labute approximate surface area is 128 Å². The van der Waals surface area contributed by atoms with Crippen LogP contribution < -0.4 is 0 Å².